The highest BCUT2D eigenvalue weighted by atomic mass is 79.9. The van der Waals surface area contributed by atoms with Gasteiger partial charge in [-0.1, -0.05) is 46.3 Å². The quantitative estimate of drug-likeness (QED) is 0.678. The molecule has 2 nitrogen and oxygen atoms in total. The van der Waals surface area contributed by atoms with Crippen molar-refractivity contribution in [2.24, 2.45) is 0 Å². The van der Waals surface area contributed by atoms with Crippen LogP contribution in [0.5, 0.6) is 0 Å². The highest BCUT2D eigenvalue weighted by Gasteiger charge is 2.15. The number of carbonyl (C=O) groups is 1. The molecular weight excluding hydrogens is 417 g/mol. The number of hydrogen-bond donors (Lipinski definition) is 1. The van der Waals surface area contributed by atoms with E-state index in [1.54, 1.807) is 6.07 Å². The molecule has 0 saturated heterocycles. The highest BCUT2D eigenvalue weighted by Crippen LogP contribution is 2.22. The second-order valence-electron chi connectivity index (χ2n) is 4.64. The van der Waals surface area contributed by atoms with Crippen LogP contribution in [0.25, 0.3) is 0 Å². The molecule has 0 aliphatic carbocycles. The van der Waals surface area contributed by atoms with E-state index >= 15 is 0 Å². The minimum absolute atomic E-state index is 0.0999. The van der Waals surface area contributed by atoms with Gasteiger partial charge in [-0.2, -0.15) is 0 Å². The summed E-state index contributed by atoms with van der Waals surface area (Å²) in [5.41, 5.74) is 1.75. The SMILES string of the molecule is O=C(NC(CCl)Cc1ccccc1)c1ccc(Br)cc1Br. The fourth-order valence-corrected chi connectivity index (χ4v) is 3.39. The Bertz CT molecular complexity index is 619. The smallest absolute Gasteiger partial charge is 0.252 e. The van der Waals surface area contributed by atoms with E-state index in [1.165, 1.54) is 0 Å². The molecule has 0 aromatic heterocycles. The average Bonchev–Trinajstić information content (AvgIpc) is 2.47. The lowest BCUT2D eigenvalue weighted by atomic mass is 10.1. The summed E-state index contributed by atoms with van der Waals surface area (Å²) in [7, 11) is 0. The summed E-state index contributed by atoms with van der Waals surface area (Å²) in [4.78, 5) is 12.3. The number of rotatable bonds is 5. The van der Waals surface area contributed by atoms with E-state index in [0.717, 1.165) is 14.5 Å². The van der Waals surface area contributed by atoms with E-state index in [1.807, 2.05) is 42.5 Å². The zero-order valence-electron chi connectivity index (χ0n) is 11.2. The van der Waals surface area contributed by atoms with Crippen LogP contribution in [0.15, 0.2) is 57.5 Å². The molecule has 0 fully saturated rings. The van der Waals surface area contributed by atoms with Crippen molar-refractivity contribution in [1.82, 2.24) is 5.32 Å². The Labute approximate surface area is 146 Å². The van der Waals surface area contributed by atoms with Crippen molar-refractivity contribution in [3.63, 3.8) is 0 Å². The van der Waals surface area contributed by atoms with Crippen LogP contribution in [0.2, 0.25) is 0 Å². The summed E-state index contributed by atoms with van der Waals surface area (Å²) < 4.78 is 1.67. The summed E-state index contributed by atoms with van der Waals surface area (Å²) in [5.74, 6) is 0.241. The van der Waals surface area contributed by atoms with Crippen LogP contribution in [0.3, 0.4) is 0 Å². The van der Waals surface area contributed by atoms with Gasteiger partial charge in [0.15, 0.2) is 0 Å². The molecule has 2 aromatic carbocycles. The molecule has 0 radical (unpaired) electrons. The van der Waals surface area contributed by atoms with Crippen molar-refractivity contribution in [1.29, 1.82) is 0 Å². The lowest BCUT2D eigenvalue weighted by Crippen LogP contribution is -2.37. The monoisotopic (exact) mass is 429 g/mol. The van der Waals surface area contributed by atoms with Crippen LogP contribution in [-0.4, -0.2) is 17.8 Å². The van der Waals surface area contributed by atoms with Gasteiger partial charge >= 0.3 is 0 Å². The van der Waals surface area contributed by atoms with Gasteiger partial charge in [0.05, 0.1) is 5.56 Å². The van der Waals surface area contributed by atoms with Crippen molar-refractivity contribution < 1.29 is 4.79 Å². The molecule has 0 bridgehead atoms. The molecule has 1 amide bonds. The van der Waals surface area contributed by atoms with Crippen LogP contribution in [-0.2, 0) is 6.42 Å². The Morgan fingerprint density at radius 2 is 1.86 bits per heavy atom. The summed E-state index contributed by atoms with van der Waals surface area (Å²) in [5, 5.41) is 2.98. The molecule has 5 heteroatoms. The Hall–Kier alpha value is -0.840. The Morgan fingerprint density at radius 3 is 2.48 bits per heavy atom. The van der Waals surface area contributed by atoms with Gasteiger partial charge in [0.1, 0.15) is 0 Å². The molecule has 0 heterocycles. The van der Waals surface area contributed by atoms with E-state index < -0.39 is 0 Å². The second kappa shape index (κ2) is 7.97. The predicted octanol–water partition coefficient (Wildman–Crippen LogP) is 4.79. The maximum atomic E-state index is 12.3. The first-order valence-electron chi connectivity index (χ1n) is 6.46. The number of amides is 1. The van der Waals surface area contributed by atoms with Gasteiger partial charge in [-0.25, -0.2) is 0 Å². The van der Waals surface area contributed by atoms with Gasteiger partial charge < -0.3 is 5.32 Å². The van der Waals surface area contributed by atoms with Crippen LogP contribution in [0.4, 0.5) is 0 Å². The first kappa shape index (κ1) is 16.5. The molecule has 0 aliphatic heterocycles. The molecule has 0 spiro atoms. The zero-order chi connectivity index (χ0) is 15.2. The van der Waals surface area contributed by atoms with Gasteiger partial charge in [0.25, 0.3) is 5.91 Å². The van der Waals surface area contributed by atoms with Gasteiger partial charge in [0, 0.05) is 20.9 Å². The van der Waals surface area contributed by atoms with Crippen LogP contribution >= 0.6 is 43.5 Å². The van der Waals surface area contributed by atoms with Crippen molar-refractivity contribution in [2.75, 3.05) is 5.88 Å². The number of benzene rings is 2. The van der Waals surface area contributed by atoms with Crippen LogP contribution in [0, 0.1) is 0 Å². The van der Waals surface area contributed by atoms with Crippen LogP contribution < -0.4 is 5.32 Å². The minimum Gasteiger partial charge on any atom is -0.348 e. The van der Waals surface area contributed by atoms with Crippen molar-refractivity contribution >= 4 is 49.4 Å². The minimum atomic E-state index is -0.129. The fourth-order valence-electron chi connectivity index (χ4n) is 1.98. The topological polar surface area (TPSA) is 29.1 Å². The summed E-state index contributed by atoms with van der Waals surface area (Å²) in [6, 6.07) is 15.4. The molecule has 110 valence electrons. The summed E-state index contributed by atoms with van der Waals surface area (Å²) in [6.07, 6.45) is 0.713. The molecular formula is C16H14Br2ClNO. The summed E-state index contributed by atoms with van der Waals surface area (Å²) in [6.45, 7) is 0. The van der Waals surface area contributed by atoms with Crippen LogP contribution in [0.1, 0.15) is 15.9 Å². The normalized spacial score (nSPS) is 12.0. The molecule has 0 aliphatic rings. The highest BCUT2D eigenvalue weighted by molar-refractivity contribution is 9.11. The number of halogens is 3. The van der Waals surface area contributed by atoms with Gasteiger partial charge in [0.2, 0.25) is 0 Å². The third-order valence-corrected chi connectivity index (χ3v) is 4.54. The zero-order valence-corrected chi connectivity index (χ0v) is 15.1. The van der Waals surface area contributed by atoms with Crippen molar-refractivity contribution in [2.45, 2.75) is 12.5 Å². The third-order valence-electron chi connectivity index (χ3n) is 3.02. The second-order valence-corrected chi connectivity index (χ2v) is 6.72. The molecule has 2 aromatic rings. The summed E-state index contributed by atoms with van der Waals surface area (Å²) >= 11 is 12.8. The Balaban J connectivity index is 2.06. The Morgan fingerprint density at radius 1 is 1.14 bits per heavy atom. The predicted molar refractivity (Wildman–Crippen MR) is 94.0 cm³/mol. The molecule has 2 rings (SSSR count). The molecule has 1 atom stereocenters. The lowest BCUT2D eigenvalue weighted by Gasteiger charge is -2.17. The maximum absolute atomic E-state index is 12.3. The van der Waals surface area contributed by atoms with E-state index in [9.17, 15) is 4.79 Å². The van der Waals surface area contributed by atoms with Crippen molar-refractivity contribution in [3.05, 3.63) is 68.6 Å². The van der Waals surface area contributed by atoms with Gasteiger partial charge in [-0.3, -0.25) is 4.79 Å². The fraction of sp³-hybridized carbons (Fsp3) is 0.188. The standard InChI is InChI=1S/C16H14Br2ClNO/c17-12-6-7-14(15(18)9-12)16(21)20-13(10-19)8-11-4-2-1-3-5-11/h1-7,9,13H,8,10H2,(H,20,21). The third kappa shape index (κ3) is 4.83. The Kier molecular flexibility index (Phi) is 6.27. The number of alkyl halides is 1. The number of carbonyl (C=O) groups excluding carboxylic acids is 1. The number of hydrogen-bond acceptors (Lipinski definition) is 1. The number of nitrogens with one attached hydrogen (secondary N) is 1. The lowest BCUT2D eigenvalue weighted by molar-refractivity contribution is 0.0940. The molecule has 1 N–H and O–H groups in total. The van der Waals surface area contributed by atoms with Crippen molar-refractivity contribution in [3.8, 4) is 0 Å². The van der Waals surface area contributed by atoms with E-state index in [4.69, 9.17) is 11.6 Å². The van der Waals surface area contributed by atoms with E-state index in [-0.39, 0.29) is 11.9 Å². The largest absolute Gasteiger partial charge is 0.348 e. The first-order chi connectivity index (χ1) is 10.1. The van der Waals surface area contributed by atoms with Gasteiger partial charge in [-0.05, 0) is 46.1 Å². The van der Waals surface area contributed by atoms with E-state index in [0.29, 0.717) is 17.9 Å². The molecule has 1 unspecified atom stereocenters. The molecule has 21 heavy (non-hydrogen) atoms. The first-order valence-corrected chi connectivity index (χ1v) is 8.58. The average molecular weight is 432 g/mol. The van der Waals surface area contributed by atoms with E-state index in [2.05, 4.69) is 37.2 Å². The van der Waals surface area contributed by atoms with Gasteiger partial charge in [-0.15, -0.1) is 11.6 Å². The maximum Gasteiger partial charge on any atom is 0.252 e. The molecule has 0 saturated carbocycles.